The Morgan fingerprint density at radius 1 is 0.826 bits per heavy atom. The SMILES string of the molecule is [O-][n+]1cc(SCc2ccccc2)ncc1SCc1ccccc1. The predicted octanol–water partition coefficient (Wildman–Crippen LogP) is 4.30. The lowest BCUT2D eigenvalue weighted by Crippen LogP contribution is -2.29. The number of hydrogen-bond acceptors (Lipinski definition) is 4. The molecule has 0 aliphatic carbocycles. The molecule has 0 aliphatic heterocycles. The maximum Gasteiger partial charge on any atom is 0.270 e. The number of hydrogen-bond donors (Lipinski definition) is 0. The van der Waals surface area contributed by atoms with E-state index in [2.05, 4.69) is 29.2 Å². The lowest BCUT2D eigenvalue weighted by Gasteiger charge is -2.06. The van der Waals surface area contributed by atoms with Crippen molar-refractivity contribution >= 4 is 23.5 Å². The molecule has 1 aromatic heterocycles. The van der Waals surface area contributed by atoms with Crippen LogP contribution in [0.1, 0.15) is 11.1 Å². The molecule has 0 saturated carbocycles. The van der Waals surface area contributed by atoms with Crippen molar-refractivity contribution in [1.82, 2.24) is 4.98 Å². The highest BCUT2D eigenvalue weighted by molar-refractivity contribution is 7.98. The fraction of sp³-hybridized carbons (Fsp3) is 0.111. The van der Waals surface area contributed by atoms with Crippen LogP contribution in [-0.2, 0) is 11.5 Å². The van der Waals surface area contributed by atoms with Gasteiger partial charge in [0.25, 0.3) is 5.03 Å². The second-order valence-corrected chi connectivity index (χ2v) is 6.93. The molecule has 0 amide bonds. The quantitative estimate of drug-likeness (QED) is 0.381. The summed E-state index contributed by atoms with van der Waals surface area (Å²) in [5.41, 5.74) is 2.42. The summed E-state index contributed by atoms with van der Waals surface area (Å²) >= 11 is 3.07. The molecule has 5 heteroatoms. The summed E-state index contributed by atoms with van der Waals surface area (Å²) in [6.07, 6.45) is 3.22. The van der Waals surface area contributed by atoms with Gasteiger partial charge in [0.05, 0.1) is 0 Å². The average molecular weight is 340 g/mol. The predicted molar refractivity (Wildman–Crippen MR) is 95.2 cm³/mol. The van der Waals surface area contributed by atoms with E-state index >= 15 is 0 Å². The summed E-state index contributed by atoms with van der Waals surface area (Å²) in [6, 6.07) is 20.3. The molecule has 116 valence electrons. The van der Waals surface area contributed by atoms with Crippen molar-refractivity contribution in [1.29, 1.82) is 0 Å². The first-order valence-electron chi connectivity index (χ1n) is 7.24. The van der Waals surface area contributed by atoms with Gasteiger partial charge in [-0.05, 0) is 22.9 Å². The molecule has 0 bridgehead atoms. The van der Waals surface area contributed by atoms with Crippen molar-refractivity contribution in [2.75, 3.05) is 0 Å². The average Bonchev–Trinajstić information content (AvgIpc) is 2.61. The summed E-state index contributed by atoms with van der Waals surface area (Å²) < 4.78 is 0.911. The van der Waals surface area contributed by atoms with Gasteiger partial charge in [0.1, 0.15) is 6.20 Å². The maximum atomic E-state index is 12.1. The topological polar surface area (TPSA) is 39.8 Å². The minimum atomic E-state index is 0.623. The molecule has 0 fully saturated rings. The number of rotatable bonds is 6. The molecule has 0 radical (unpaired) electrons. The van der Waals surface area contributed by atoms with Gasteiger partial charge in [0, 0.05) is 11.5 Å². The summed E-state index contributed by atoms with van der Waals surface area (Å²) in [5, 5.41) is 13.5. The number of aromatic nitrogens is 2. The molecule has 0 spiro atoms. The van der Waals surface area contributed by atoms with Crippen LogP contribution in [0.3, 0.4) is 0 Å². The van der Waals surface area contributed by atoms with Crippen LogP contribution in [0, 0.1) is 5.21 Å². The van der Waals surface area contributed by atoms with Crippen molar-refractivity contribution in [3.05, 3.63) is 89.4 Å². The first kappa shape index (κ1) is 15.9. The van der Waals surface area contributed by atoms with E-state index in [-0.39, 0.29) is 0 Å². The van der Waals surface area contributed by atoms with Crippen LogP contribution in [0.5, 0.6) is 0 Å². The van der Waals surface area contributed by atoms with E-state index in [0.29, 0.717) is 5.03 Å². The van der Waals surface area contributed by atoms with Gasteiger partial charge in [-0.3, -0.25) is 0 Å². The summed E-state index contributed by atoms with van der Waals surface area (Å²) in [5.74, 6) is 1.58. The molecule has 0 unspecified atom stereocenters. The molecule has 0 saturated heterocycles. The van der Waals surface area contributed by atoms with Crippen molar-refractivity contribution in [3.63, 3.8) is 0 Å². The Kier molecular flexibility index (Phi) is 5.56. The Morgan fingerprint density at radius 2 is 1.39 bits per heavy atom. The summed E-state index contributed by atoms with van der Waals surface area (Å²) in [7, 11) is 0. The van der Waals surface area contributed by atoms with Gasteiger partial charge in [-0.2, -0.15) is 4.73 Å². The first-order valence-corrected chi connectivity index (χ1v) is 9.21. The Balaban J connectivity index is 1.59. The Morgan fingerprint density at radius 3 is 1.96 bits per heavy atom. The second-order valence-electron chi connectivity index (χ2n) is 4.94. The van der Waals surface area contributed by atoms with Gasteiger partial charge in [0.2, 0.25) is 6.20 Å². The molecule has 1 heterocycles. The fourth-order valence-corrected chi connectivity index (χ4v) is 3.63. The van der Waals surface area contributed by atoms with Crippen LogP contribution in [-0.4, -0.2) is 4.98 Å². The molecule has 0 atom stereocenters. The second kappa shape index (κ2) is 8.04. The molecule has 3 nitrogen and oxygen atoms in total. The smallest absolute Gasteiger partial charge is 0.270 e. The van der Waals surface area contributed by atoms with Crippen LogP contribution < -0.4 is 4.73 Å². The molecule has 0 aliphatic rings. The molecule has 2 aromatic carbocycles. The van der Waals surface area contributed by atoms with E-state index in [4.69, 9.17) is 0 Å². The molecule has 3 aromatic rings. The summed E-state index contributed by atoms with van der Waals surface area (Å²) in [4.78, 5) is 4.39. The van der Waals surface area contributed by atoms with Crippen molar-refractivity contribution in [2.24, 2.45) is 0 Å². The third kappa shape index (κ3) is 4.74. The highest BCUT2D eigenvalue weighted by atomic mass is 32.2. The first-order chi connectivity index (χ1) is 11.3. The minimum Gasteiger partial charge on any atom is -0.618 e. The highest BCUT2D eigenvalue weighted by Crippen LogP contribution is 2.22. The Hall–Kier alpha value is -1.98. The summed E-state index contributed by atoms with van der Waals surface area (Å²) in [6.45, 7) is 0. The molecule has 3 rings (SSSR count). The van der Waals surface area contributed by atoms with E-state index in [9.17, 15) is 5.21 Å². The van der Waals surface area contributed by atoms with Crippen LogP contribution in [0.2, 0.25) is 0 Å². The lowest BCUT2D eigenvalue weighted by atomic mass is 10.2. The fourth-order valence-electron chi connectivity index (χ4n) is 2.01. The maximum absolute atomic E-state index is 12.1. The van der Waals surface area contributed by atoms with Crippen molar-refractivity contribution < 1.29 is 4.73 Å². The van der Waals surface area contributed by atoms with E-state index in [1.165, 1.54) is 22.9 Å². The van der Waals surface area contributed by atoms with E-state index < -0.39 is 0 Å². The van der Waals surface area contributed by atoms with Gasteiger partial charge in [-0.15, -0.1) is 0 Å². The van der Waals surface area contributed by atoms with E-state index in [1.807, 2.05) is 36.4 Å². The van der Waals surface area contributed by atoms with E-state index in [0.717, 1.165) is 21.3 Å². The van der Waals surface area contributed by atoms with Gasteiger partial charge < -0.3 is 5.21 Å². The largest absolute Gasteiger partial charge is 0.618 e. The molecule has 23 heavy (non-hydrogen) atoms. The third-order valence-corrected chi connectivity index (χ3v) is 5.25. The lowest BCUT2D eigenvalue weighted by molar-refractivity contribution is -0.648. The number of benzene rings is 2. The number of thioether (sulfide) groups is 2. The zero-order chi connectivity index (χ0) is 15.9. The van der Waals surface area contributed by atoms with Crippen LogP contribution >= 0.6 is 23.5 Å². The standard InChI is InChI=1S/C18H16N2OS2/c21-20-12-17(22-13-15-7-3-1-4-8-15)19-11-18(20)23-14-16-9-5-2-6-10-16/h1-12H,13-14H2. The molecular formula is C18H16N2OS2. The molecule has 0 N–H and O–H groups in total. The van der Waals surface area contributed by atoms with Crippen molar-refractivity contribution in [2.45, 2.75) is 21.6 Å². The third-order valence-electron chi connectivity index (χ3n) is 3.21. The Bertz CT molecular complexity index is 751. The zero-order valence-electron chi connectivity index (χ0n) is 12.5. The highest BCUT2D eigenvalue weighted by Gasteiger charge is 2.10. The molecular weight excluding hydrogens is 324 g/mol. The van der Waals surface area contributed by atoms with Gasteiger partial charge in [0.15, 0.2) is 5.03 Å². The Labute approximate surface area is 144 Å². The number of nitrogens with zero attached hydrogens (tertiary/aromatic N) is 2. The van der Waals surface area contributed by atoms with Crippen LogP contribution in [0.4, 0.5) is 0 Å². The normalized spacial score (nSPS) is 10.6. The van der Waals surface area contributed by atoms with Gasteiger partial charge in [-0.25, -0.2) is 4.98 Å². The monoisotopic (exact) mass is 340 g/mol. The minimum absolute atomic E-state index is 0.623. The zero-order valence-corrected chi connectivity index (χ0v) is 14.1. The van der Waals surface area contributed by atoms with Gasteiger partial charge in [-0.1, -0.05) is 72.4 Å². The van der Waals surface area contributed by atoms with Crippen molar-refractivity contribution in [3.8, 4) is 0 Å². The van der Waals surface area contributed by atoms with Crippen LogP contribution in [0.25, 0.3) is 0 Å². The van der Waals surface area contributed by atoms with E-state index in [1.54, 1.807) is 24.2 Å². The van der Waals surface area contributed by atoms with Gasteiger partial charge >= 0.3 is 0 Å². The van der Waals surface area contributed by atoms with Crippen LogP contribution in [0.15, 0.2) is 83.1 Å².